The molecule has 6 heteroatoms. The molecule has 0 radical (unpaired) electrons. The molecule has 6 nitrogen and oxygen atoms in total. The molecule has 0 saturated heterocycles. The lowest BCUT2D eigenvalue weighted by Crippen LogP contribution is -2.30. The van der Waals surface area contributed by atoms with E-state index in [9.17, 15) is 14.4 Å². The molecule has 76 heavy (non-hydrogen) atoms. The summed E-state index contributed by atoms with van der Waals surface area (Å²) in [5.41, 5.74) is 0. The smallest absolute Gasteiger partial charge is 0.306 e. The second-order valence-electron chi connectivity index (χ2n) is 21.6. The van der Waals surface area contributed by atoms with Crippen molar-refractivity contribution in [3.63, 3.8) is 0 Å². The molecule has 438 valence electrons. The third-order valence-corrected chi connectivity index (χ3v) is 14.1. The number of esters is 3. The van der Waals surface area contributed by atoms with Gasteiger partial charge in [0.15, 0.2) is 6.10 Å². The van der Waals surface area contributed by atoms with E-state index in [4.69, 9.17) is 14.2 Å². The van der Waals surface area contributed by atoms with Crippen molar-refractivity contribution in [1.29, 1.82) is 0 Å². The third kappa shape index (κ3) is 61.4. The Kier molecular flexibility index (Phi) is 61.2. The molecule has 0 fully saturated rings. The molecule has 0 bridgehead atoms. The quantitative estimate of drug-likeness (QED) is 0.0261. The summed E-state index contributed by atoms with van der Waals surface area (Å²) in [6.07, 6.45) is 84.4. The summed E-state index contributed by atoms with van der Waals surface area (Å²) >= 11 is 0. The first-order valence-electron chi connectivity index (χ1n) is 32.6. The van der Waals surface area contributed by atoms with E-state index in [1.54, 1.807) is 0 Å². The number of rotatable bonds is 59. The Labute approximate surface area is 471 Å². The molecule has 0 heterocycles. The van der Waals surface area contributed by atoms with Gasteiger partial charge in [-0.1, -0.05) is 279 Å². The highest BCUT2D eigenvalue weighted by molar-refractivity contribution is 5.71. The van der Waals surface area contributed by atoms with Crippen LogP contribution in [0.25, 0.3) is 0 Å². The van der Waals surface area contributed by atoms with Crippen molar-refractivity contribution in [2.24, 2.45) is 0 Å². The summed E-state index contributed by atoms with van der Waals surface area (Å²) in [7, 11) is 0. The van der Waals surface area contributed by atoms with E-state index >= 15 is 0 Å². The van der Waals surface area contributed by atoms with Crippen LogP contribution in [0.3, 0.4) is 0 Å². The molecule has 0 aromatic heterocycles. The number of allylic oxidation sites excluding steroid dienone is 14. The Morgan fingerprint density at radius 2 is 0.526 bits per heavy atom. The van der Waals surface area contributed by atoms with Gasteiger partial charge in [0.05, 0.1) is 0 Å². The molecule has 0 aliphatic heterocycles. The van der Waals surface area contributed by atoms with Gasteiger partial charge in [0.1, 0.15) is 13.2 Å². The van der Waals surface area contributed by atoms with Gasteiger partial charge in [0.2, 0.25) is 0 Å². The van der Waals surface area contributed by atoms with E-state index in [2.05, 4.69) is 106 Å². The summed E-state index contributed by atoms with van der Waals surface area (Å²) in [5, 5.41) is 0. The Morgan fingerprint density at radius 3 is 0.855 bits per heavy atom. The van der Waals surface area contributed by atoms with Crippen LogP contribution in [0.15, 0.2) is 85.1 Å². The maximum absolute atomic E-state index is 12.9. The Hall–Kier alpha value is -3.41. The summed E-state index contributed by atoms with van der Waals surface area (Å²) in [4.78, 5) is 38.3. The Balaban J connectivity index is 4.35. The zero-order chi connectivity index (χ0) is 55.0. The number of hydrogen-bond acceptors (Lipinski definition) is 6. The van der Waals surface area contributed by atoms with Gasteiger partial charge in [-0.05, 0) is 109 Å². The normalized spacial score (nSPS) is 12.6. The van der Waals surface area contributed by atoms with Crippen molar-refractivity contribution in [2.45, 2.75) is 329 Å². The fourth-order valence-electron chi connectivity index (χ4n) is 9.21. The minimum absolute atomic E-state index is 0.0829. The molecule has 0 saturated carbocycles. The van der Waals surface area contributed by atoms with Gasteiger partial charge >= 0.3 is 17.9 Å². The van der Waals surface area contributed by atoms with Crippen LogP contribution in [-0.2, 0) is 28.6 Å². The number of hydrogen-bond donors (Lipinski definition) is 0. The van der Waals surface area contributed by atoms with Crippen molar-refractivity contribution < 1.29 is 28.6 Å². The van der Waals surface area contributed by atoms with Crippen LogP contribution in [0, 0.1) is 0 Å². The molecule has 0 rings (SSSR count). The number of carbonyl (C=O) groups is 3. The maximum atomic E-state index is 12.9. The molecule has 1 atom stereocenters. The van der Waals surface area contributed by atoms with Crippen molar-refractivity contribution >= 4 is 17.9 Å². The Morgan fingerprint density at radius 1 is 0.276 bits per heavy atom. The van der Waals surface area contributed by atoms with Crippen molar-refractivity contribution in [1.82, 2.24) is 0 Å². The van der Waals surface area contributed by atoms with Crippen LogP contribution in [0.2, 0.25) is 0 Å². The van der Waals surface area contributed by atoms with E-state index in [0.717, 1.165) is 103 Å². The van der Waals surface area contributed by atoms with E-state index in [0.29, 0.717) is 19.3 Å². The molecule has 0 aliphatic rings. The second kappa shape index (κ2) is 64.1. The fraction of sp³-hybridized carbons (Fsp3) is 0.757. The van der Waals surface area contributed by atoms with Crippen LogP contribution in [0.4, 0.5) is 0 Å². The van der Waals surface area contributed by atoms with E-state index in [1.807, 2.05) is 0 Å². The molecule has 0 N–H and O–H groups in total. The molecule has 1 unspecified atom stereocenters. The first-order chi connectivity index (χ1) is 37.5. The predicted octanol–water partition coefficient (Wildman–Crippen LogP) is 22.3. The first-order valence-corrected chi connectivity index (χ1v) is 32.6. The molecular formula is C70H122O6. The lowest BCUT2D eigenvalue weighted by Gasteiger charge is -2.18. The molecule has 0 spiro atoms. The van der Waals surface area contributed by atoms with Gasteiger partial charge in [0, 0.05) is 19.3 Å². The van der Waals surface area contributed by atoms with Crippen molar-refractivity contribution in [2.75, 3.05) is 13.2 Å². The summed E-state index contributed by atoms with van der Waals surface area (Å²) in [5.74, 6) is -0.890. The van der Waals surface area contributed by atoms with E-state index in [-0.39, 0.29) is 31.1 Å². The van der Waals surface area contributed by atoms with Crippen molar-refractivity contribution in [3.05, 3.63) is 85.1 Å². The van der Waals surface area contributed by atoms with Crippen LogP contribution < -0.4 is 0 Å². The van der Waals surface area contributed by atoms with Crippen LogP contribution in [0.5, 0.6) is 0 Å². The molecular weight excluding hydrogens is 937 g/mol. The zero-order valence-electron chi connectivity index (χ0n) is 50.3. The number of unbranched alkanes of at least 4 members (excludes halogenated alkanes) is 34. The van der Waals surface area contributed by atoms with E-state index < -0.39 is 6.10 Å². The molecule has 0 amide bonds. The lowest BCUT2D eigenvalue weighted by molar-refractivity contribution is -0.167. The maximum Gasteiger partial charge on any atom is 0.306 e. The lowest BCUT2D eigenvalue weighted by atomic mass is 10.0. The molecule has 0 aliphatic carbocycles. The highest BCUT2D eigenvalue weighted by atomic mass is 16.6. The minimum atomic E-state index is -0.787. The van der Waals surface area contributed by atoms with Gasteiger partial charge in [-0.25, -0.2) is 0 Å². The van der Waals surface area contributed by atoms with Crippen molar-refractivity contribution in [3.8, 4) is 0 Å². The van der Waals surface area contributed by atoms with Crippen LogP contribution in [-0.4, -0.2) is 37.2 Å². The highest BCUT2D eigenvalue weighted by Crippen LogP contribution is 2.16. The third-order valence-electron chi connectivity index (χ3n) is 14.1. The largest absolute Gasteiger partial charge is 0.462 e. The predicted molar refractivity (Wildman–Crippen MR) is 330 cm³/mol. The van der Waals surface area contributed by atoms with Gasteiger partial charge in [-0.15, -0.1) is 0 Å². The highest BCUT2D eigenvalue weighted by Gasteiger charge is 2.19. The van der Waals surface area contributed by atoms with Gasteiger partial charge in [-0.3, -0.25) is 14.4 Å². The summed E-state index contributed by atoms with van der Waals surface area (Å²) < 4.78 is 16.9. The van der Waals surface area contributed by atoms with Gasteiger partial charge in [-0.2, -0.15) is 0 Å². The van der Waals surface area contributed by atoms with Crippen LogP contribution in [0.1, 0.15) is 323 Å². The standard InChI is InChI=1S/C70H122O6/c1-4-7-10-13-16-19-22-25-28-30-32-34-35-37-38-40-42-45-48-51-54-57-60-63-69(72)75-66-67(65-74-68(71)62-59-56-53-50-47-44-27-24-21-18-15-12-9-6-3)76-70(73)64-61-58-55-52-49-46-43-41-39-36-33-31-29-26-23-20-17-14-11-8-5-2/h7,10,15-16,18-19,24-25,27-28,31-34,67H,4-6,8-9,11-14,17,20-23,26,29-30,35-66H2,1-3H3/b10-7-,18-15-,19-16-,27-24-,28-25-,33-31-,34-32-. The second-order valence-corrected chi connectivity index (χ2v) is 21.6. The average molecular weight is 1060 g/mol. The number of ether oxygens (including phenoxy) is 3. The molecule has 0 aromatic carbocycles. The summed E-state index contributed by atoms with van der Waals surface area (Å²) in [6, 6.07) is 0. The topological polar surface area (TPSA) is 78.9 Å². The first kappa shape index (κ1) is 72.6. The summed E-state index contributed by atoms with van der Waals surface area (Å²) in [6.45, 7) is 6.51. The van der Waals surface area contributed by atoms with Gasteiger partial charge < -0.3 is 14.2 Å². The average Bonchev–Trinajstić information content (AvgIpc) is 3.42. The monoisotopic (exact) mass is 1060 g/mol. The zero-order valence-corrected chi connectivity index (χ0v) is 50.3. The van der Waals surface area contributed by atoms with Gasteiger partial charge in [0.25, 0.3) is 0 Å². The SMILES string of the molecule is CC/C=C\C/C=C\C/C=C\C/C=C\CCCCCCCCCCCCC(=O)OCC(COC(=O)CCCCCCC/C=C\C/C=C\CCCC)OC(=O)CCCCCCCCCCC/C=C\CCCCCCCCCC. The Bertz CT molecular complexity index is 1450. The molecule has 0 aromatic rings. The number of carbonyl (C=O) groups excluding carboxylic acids is 3. The van der Waals surface area contributed by atoms with Crippen LogP contribution >= 0.6 is 0 Å². The minimum Gasteiger partial charge on any atom is -0.462 e. The fourth-order valence-corrected chi connectivity index (χ4v) is 9.21. The van der Waals surface area contributed by atoms with E-state index in [1.165, 1.54) is 180 Å².